The normalized spacial score (nSPS) is 14.7. The number of amides is 1. The Morgan fingerprint density at radius 3 is 2.93 bits per heavy atom. The fourth-order valence-corrected chi connectivity index (χ4v) is 1.17. The molecular formula is C9H16N4O2. The third-order valence-electron chi connectivity index (χ3n) is 2.28. The van der Waals surface area contributed by atoms with Crippen LogP contribution in [-0.4, -0.2) is 33.1 Å². The Bertz CT molecular complexity index is 337. The summed E-state index contributed by atoms with van der Waals surface area (Å²) in [5.41, 5.74) is 0.494. The molecule has 0 aliphatic heterocycles. The number of hydrogen-bond acceptors (Lipinski definition) is 4. The number of aliphatic hydroxyl groups is 1. The Balaban J connectivity index is 2.79. The number of nitrogens with one attached hydrogen (secondary N) is 1. The van der Waals surface area contributed by atoms with Crippen LogP contribution >= 0.6 is 0 Å². The fraction of sp³-hybridized carbons (Fsp3) is 0.667. The second-order valence-corrected chi connectivity index (χ2v) is 3.34. The Morgan fingerprint density at radius 2 is 2.40 bits per heavy atom. The first kappa shape index (κ1) is 11.6. The van der Waals surface area contributed by atoms with Crippen LogP contribution in [0.25, 0.3) is 0 Å². The molecule has 0 radical (unpaired) electrons. The van der Waals surface area contributed by atoms with Crippen molar-refractivity contribution in [3.8, 4) is 0 Å². The molecule has 0 aromatic carbocycles. The number of nitrogens with zero attached hydrogens (tertiary/aromatic N) is 3. The van der Waals surface area contributed by atoms with E-state index in [4.69, 9.17) is 0 Å². The zero-order valence-corrected chi connectivity index (χ0v) is 9.14. The van der Waals surface area contributed by atoms with Gasteiger partial charge in [0.05, 0.1) is 12.3 Å². The molecule has 0 saturated heterocycles. The van der Waals surface area contributed by atoms with Gasteiger partial charge in [0.15, 0.2) is 0 Å². The Labute approximate surface area is 88.3 Å². The van der Waals surface area contributed by atoms with Gasteiger partial charge in [-0.05, 0) is 13.3 Å². The van der Waals surface area contributed by atoms with E-state index in [9.17, 15) is 9.90 Å². The SMILES string of the molecule is CCC(O)c1cn(C(C)C(=O)NC)nn1. The fourth-order valence-electron chi connectivity index (χ4n) is 1.17. The van der Waals surface area contributed by atoms with Gasteiger partial charge in [-0.3, -0.25) is 4.79 Å². The molecule has 84 valence electrons. The maximum Gasteiger partial charge on any atom is 0.244 e. The molecule has 6 heteroatoms. The highest BCUT2D eigenvalue weighted by Crippen LogP contribution is 2.14. The predicted octanol–water partition coefficient (Wildman–Crippen LogP) is 0.0285. The van der Waals surface area contributed by atoms with E-state index in [0.717, 1.165) is 0 Å². The third kappa shape index (κ3) is 2.53. The van der Waals surface area contributed by atoms with Gasteiger partial charge in [-0.15, -0.1) is 5.10 Å². The second kappa shape index (κ2) is 4.88. The predicted molar refractivity (Wildman–Crippen MR) is 54.1 cm³/mol. The molecular weight excluding hydrogens is 196 g/mol. The van der Waals surface area contributed by atoms with Crippen molar-refractivity contribution in [2.75, 3.05) is 7.05 Å². The van der Waals surface area contributed by atoms with Crippen molar-refractivity contribution >= 4 is 5.91 Å². The summed E-state index contributed by atoms with van der Waals surface area (Å²) in [5, 5.41) is 19.6. The van der Waals surface area contributed by atoms with Crippen LogP contribution in [0.1, 0.15) is 38.1 Å². The third-order valence-corrected chi connectivity index (χ3v) is 2.28. The molecule has 0 aliphatic carbocycles. The van der Waals surface area contributed by atoms with Crippen molar-refractivity contribution in [1.29, 1.82) is 0 Å². The van der Waals surface area contributed by atoms with Crippen LogP contribution in [0.2, 0.25) is 0 Å². The molecule has 0 bridgehead atoms. The molecule has 2 unspecified atom stereocenters. The molecule has 0 spiro atoms. The van der Waals surface area contributed by atoms with E-state index in [1.807, 2.05) is 6.92 Å². The van der Waals surface area contributed by atoms with Gasteiger partial charge in [-0.2, -0.15) is 0 Å². The molecule has 6 nitrogen and oxygen atoms in total. The zero-order valence-electron chi connectivity index (χ0n) is 9.14. The lowest BCUT2D eigenvalue weighted by molar-refractivity contribution is -0.123. The van der Waals surface area contributed by atoms with Crippen molar-refractivity contribution in [3.63, 3.8) is 0 Å². The summed E-state index contributed by atoms with van der Waals surface area (Å²) in [4.78, 5) is 11.3. The minimum Gasteiger partial charge on any atom is -0.387 e. The molecule has 1 amide bonds. The molecule has 1 aromatic rings. The lowest BCUT2D eigenvalue weighted by Crippen LogP contribution is -2.28. The van der Waals surface area contributed by atoms with Crippen LogP contribution in [0.4, 0.5) is 0 Å². The first-order valence-corrected chi connectivity index (χ1v) is 4.91. The average molecular weight is 212 g/mol. The van der Waals surface area contributed by atoms with Gasteiger partial charge in [0.1, 0.15) is 11.7 Å². The summed E-state index contributed by atoms with van der Waals surface area (Å²) in [6.45, 7) is 3.57. The lowest BCUT2D eigenvalue weighted by atomic mass is 10.2. The molecule has 0 saturated carbocycles. The first-order valence-electron chi connectivity index (χ1n) is 4.91. The van der Waals surface area contributed by atoms with Gasteiger partial charge in [0.2, 0.25) is 5.91 Å². The number of aromatic nitrogens is 3. The van der Waals surface area contributed by atoms with Crippen LogP contribution < -0.4 is 5.32 Å². The number of aliphatic hydroxyl groups excluding tert-OH is 1. The van der Waals surface area contributed by atoms with Crippen molar-refractivity contribution in [2.45, 2.75) is 32.4 Å². The van der Waals surface area contributed by atoms with E-state index in [2.05, 4.69) is 15.6 Å². The molecule has 15 heavy (non-hydrogen) atoms. The van der Waals surface area contributed by atoms with E-state index in [0.29, 0.717) is 12.1 Å². The van der Waals surface area contributed by atoms with Crippen molar-refractivity contribution < 1.29 is 9.90 Å². The minimum atomic E-state index is -0.615. The lowest BCUT2D eigenvalue weighted by Gasteiger charge is -2.08. The number of carbonyl (C=O) groups is 1. The smallest absolute Gasteiger partial charge is 0.244 e. The zero-order chi connectivity index (χ0) is 11.4. The van der Waals surface area contributed by atoms with Crippen molar-refractivity contribution in [3.05, 3.63) is 11.9 Å². The molecule has 0 aliphatic rings. The Morgan fingerprint density at radius 1 is 1.73 bits per heavy atom. The maximum atomic E-state index is 11.3. The number of likely N-dealkylation sites (N-methyl/N-ethyl adjacent to an activating group) is 1. The topological polar surface area (TPSA) is 80.0 Å². The number of rotatable bonds is 4. The number of carbonyl (C=O) groups excluding carboxylic acids is 1. The summed E-state index contributed by atoms with van der Waals surface area (Å²) in [7, 11) is 1.57. The quantitative estimate of drug-likeness (QED) is 0.737. The van der Waals surface area contributed by atoms with Crippen LogP contribution in [0.3, 0.4) is 0 Å². The maximum absolute atomic E-state index is 11.3. The summed E-state index contributed by atoms with van der Waals surface area (Å²) in [6, 6.07) is -0.416. The van der Waals surface area contributed by atoms with Crippen LogP contribution in [0.5, 0.6) is 0 Å². The van der Waals surface area contributed by atoms with Gasteiger partial charge in [-0.1, -0.05) is 12.1 Å². The summed E-state index contributed by atoms with van der Waals surface area (Å²) < 4.78 is 1.44. The van der Waals surface area contributed by atoms with E-state index in [1.54, 1.807) is 20.2 Å². The van der Waals surface area contributed by atoms with Gasteiger partial charge < -0.3 is 10.4 Å². The van der Waals surface area contributed by atoms with Crippen molar-refractivity contribution in [2.24, 2.45) is 0 Å². The van der Waals surface area contributed by atoms with Gasteiger partial charge >= 0.3 is 0 Å². The molecule has 1 aromatic heterocycles. The summed E-state index contributed by atoms with van der Waals surface area (Å²) in [6.07, 6.45) is 1.55. The van der Waals surface area contributed by atoms with Gasteiger partial charge in [0.25, 0.3) is 0 Å². The highest BCUT2D eigenvalue weighted by molar-refractivity contribution is 5.79. The molecule has 2 atom stereocenters. The Hall–Kier alpha value is -1.43. The highest BCUT2D eigenvalue weighted by atomic mass is 16.3. The van der Waals surface area contributed by atoms with Gasteiger partial charge in [-0.25, -0.2) is 4.68 Å². The average Bonchev–Trinajstić information content (AvgIpc) is 2.75. The van der Waals surface area contributed by atoms with Crippen LogP contribution in [0, 0.1) is 0 Å². The van der Waals surface area contributed by atoms with E-state index < -0.39 is 12.1 Å². The largest absolute Gasteiger partial charge is 0.387 e. The molecule has 1 heterocycles. The Kier molecular flexibility index (Phi) is 3.79. The summed E-state index contributed by atoms with van der Waals surface area (Å²) in [5.74, 6) is -0.141. The standard InChI is InChI=1S/C9H16N4O2/c1-4-8(14)7-5-13(12-11-7)6(2)9(15)10-3/h5-6,8,14H,4H2,1-3H3,(H,10,15). The van der Waals surface area contributed by atoms with E-state index >= 15 is 0 Å². The van der Waals surface area contributed by atoms with Crippen LogP contribution in [0.15, 0.2) is 6.20 Å². The first-order chi connectivity index (χ1) is 7.10. The van der Waals surface area contributed by atoms with E-state index in [-0.39, 0.29) is 5.91 Å². The van der Waals surface area contributed by atoms with Crippen LogP contribution in [-0.2, 0) is 4.79 Å². The summed E-state index contributed by atoms with van der Waals surface area (Å²) >= 11 is 0. The molecule has 1 rings (SSSR count). The monoisotopic (exact) mass is 212 g/mol. The minimum absolute atomic E-state index is 0.141. The van der Waals surface area contributed by atoms with Crippen molar-refractivity contribution in [1.82, 2.24) is 20.3 Å². The second-order valence-electron chi connectivity index (χ2n) is 3.34. The highest BCUT2D eigenvalue weighted by Gasteiger charge is 2.17. The van der Waals surface area contributed by atoms with E-state index in [1.165, 1.54) is 4.68 Å². The van der Waals surface area contributed by atoms with Gasteiger partial charge in [0, 0.05) is 7.05 Å². The number of hydrogen-bond donors (Lipinski definition) is 2. The molecule has 2 N–H and O–H groups in total. The molecule has 0 fully saturated rings.